The van der Waals surface area contributed by atoms with E-state index in [0.717, 1.165) is 9.75 Å². The third kappa shape index (κ3) is 3.70. The van der Waals surface area contributed by atoms with Crippen molar-refractivity contribution in [2.75, 3.05) is 14.2 Å². The van der Waals surface area contributed by atoms with Gasteiger partial charge < -0.3 is 18.7 Å². The predicted molar refractivity (Wildman–Crippen MR) is 95.8 cm³/mol. The molecule has 0 amide bonds. The lowest BCUT2D eigenvalue weighted by Crippen LogP contribution is -2.05. The Bertz CT molecular complexity index is 932. The number of methoxy groups -OCH3 is 2. The van der Waals surface area contributed by atoms with Gasteiger partial charge in [-0.3, -0.25) is 0 Å². The van der Waals surface area contributed by atoms with Gasteiger partial charge in [-0.15, -0.1) is 11.3 Å². The second-order valence-corrected chi connectivity index (χ2v) is 6.94. The van der Waals surface area contributed by atoms with Crippen LogP contribution in [0.2, 0.25) is 0 Å². The van der Waals surface area contributed by atoms with Crippen LogP contribution in [0.4, 0.5) is 0 Å². The zero-order chi connectivity index (χ0) is 18.7. The van der Waals surface area contributed by atoms with Gasteiger partial charge in [-0.25, -0.2) is 4.79 Å². The molecule has 0 saturated heterocycles. The van der Waals surface area contributed by atoms with Crippen molar-refractivity contribution in [2.24, 2.45) is 0 Å². The van der Waals surface area contributed by atoms with E-state index in [1.165, 1.54) is 0 Å². The van der Waals surface area contributed by atoms with E-state index in [-0.39, 0.29) is 12.5 Å². The fourth-order valence-electron chi connectivity index (χ4n) is 2.44. The van der Waals surface area contributed by atoms with Gasteiger partial charge in [0.1, 0.15) is 0 Å². The molecule has 0 aliphatic rings. The van der Waals surface area contributed by atoms with E-state index in [2.05, 4.69) is 10.1 Å². The molecule has 3 rings (SSSR count). The summed E-state index contributed by atoms with van der Waals surface area (Å²) in [6, 6.07) is 7.10. The topological polar surface area (TPSA) is 83.7 Å². The number of aryl methyl sites for hydroxylation is 2. The summed E-state index contributed by atoms with van der Waals surface area (Å²) in [7, 11) is 3.12. The molecule has 0 unspecified atom stereocenters. The fourth-order valence-corrected chi connectivity index (χ4v) is 3.36. The fraction of sp³-hybridized carbons (Fsp3) is 0.278. The first-order chi connectivity index (χ1) is 12.5. The molecule has 0 saturated carbocycles. The standard InChI is InChI=1S/C18H18N2O5S/c1-10-7-13(11(2)26-10)18(21)24-9-16-19-17(20-25-16)12-5-6-14(22-3)15(8-12)23-4/h5-8H,9H2,1-4H3. The van der Waals surface area contributed by atoms with E-state index in [4.69, 9.17) is 18.7 Å². The summed E-state index contributed by atoms with van der Waals surface area (Å²) in [6.45, 7) is 3.74. The number of aromatic nitrogens is 2. The maximum atomic E-state index is 12.1. The first kappa shape index (κ1) is 17.9. The molecule has 0 atom stereocenters. The molecular formula is C18H18N2O5S. The third-order valence-corrected chi connectivity index (χ3v) is 4.66. The molecule has 26 heavy (non-hydrogen) atoms. The van der Waals surface area contributed by atoms with Crippen LogP contribution < -0.4 is 9.47 Å². The summed E-state index contributed by atoms with van der Waals surface area (Å²) in [5.74, 6) is 1.35. The molecule has 0 radical (unpaired) electrons. The Morgan fingerprint density at radius 1 is 1.15 bits per heavy atom. The van der Waals surface area contributed by atoms with Crippen molar-refractivity contribution < 1.29 is 23.5 Å². The third-order valence-electron chi connectivity index (χ3n) is 3.70. The highest BCUT2D eigenvalue weighted by Gasteiger charge is 2.16. The largest absolute Gasteiger partial charge is 0.493 e. The lowest BCUT2D eigenvalue weighted by atomic mass is 10.2. The maximum absolute atomic E-state index is 12.1. The zero-order valence-electron chi connectivity index (χ0n) is 14.9. The first-order valence-electron chi connectivity index (χ1n) is 7.81. The van der Waals surface area contributed by atoms with Crippen molar-refractivity contribution in [2.45, 2.75) is 20.5 Å². The Morgan fingerprint density at radius 3 is 2.58 bits per heavy atom. The molecule has 0 fully saturated rings. The van der Waals surface area contributed by atoms with Crippen molar-refractivity contribution in [1.29, 1.82) is 0 Å². The van der Waals surface area contributed by atoms with Gasteiger partial charge in [0, 0.05) is 15.3 Å². The average molecular weight is 374 g/mol. The lowest BCUT2D eigenvalue weighted by Gasteiger charge is -2.07. The predicted octanol–water partition coefficient (Wildman–Crippen LogP) is 3.79. The summed E-state index contributed by atoms with van der Waals surface area (Å²) in [5, 5.41) is 3.92. The molecule has 0 aliphatic heterocycles. The highest BCUT2D eigenvalue weighted by molar-refractivity contribution is 7.12. The van der Waals surface area contributed by atoms with Crippen LogP contribution in [0.3, 0.4) is 0 Å². The molecule has 2 aromatic heterocycles. The smallest absolute Gasteiger partial charge is 0.339 e. The number of esters is 1. The molecule has 0 aliphatic carbocycles. The van der Waals surface area contributed by atoms with Crippen LogP contribution in [0, 0.1) is 13.8 Å². The second-order valence-electron chi connectivity index (χ2n) is 5.48. The highest BCUT2D eigenvalue weighted by Crippen LogP contribution is 2.31. The average Bonchev–Trinajstić information content (AvgIpc) is 3.25. The molecule has 2 heterocycles. The van der Waals surface area contributed by atoms with Crippen molar-refractivity contribution in [3.05, 3.63) is 45.5 Å². The minimum atomic E-state index is -0.405. The van der Waals surface area contributed by atoms with Crippen molar-refractivity contribution in [3.63, 3.8) is 0 Å². The van der Waals surface area contributed by atoms with Crippen LogP contribution in [0.15, 0.2) is 28.8 Å². The zero-order valence-corrected chi connectivity index (χ0v) is 15.7. The summed E-state index contributed by atoms with van der Waals surface area (Å²) in [5.41, 5.74) is 1.26. The number of thiophene rings is 1. The number of carbonyl (C=O) groups is 1. The van der Waals surface area contributed by atoms with Gasteiger partial charge in [0.25, 0.3) is 5.89 Å². The van der Waals surface area contributed by atoms with Crippen molar-refractivity contribution in [3.8, 4) is 22.9 Å². The van der Waals surface area contributed by atoms with E-state index in [9.17, 15) is 4.79 Å². The molecule has 1 aromatic carbocycles. The Kier molecular flexibility index (Phi) is 5.22. The number of rotatable bonds is 6. The lowest BCUT2D eigenvalue weighted by molar-refractivity contribution is 0.0429. The Balaban J connectivity index is 1.70. The molecule has 3 aromatic rings. The number of hydrogen-bond donors (Lipinski definition) is 0. The van der Waals surface area contributed by atoms with Crippen LogP contribution in [0.5, 0.6) is 11.5 Å². The summed E-state index contributed by atoms with van der Waals surface area (Å²) >= 11 is 1.55. The van der Waals surface area contributed by atoms with Gasteiger partial charge in [-0.1, -0.05) is 5.16 Å². The van der Waals surface area contributed by atoms with Gasteiger partial charge >= 0.3 is 5.97 Å². The van der Waals surface area contributed by atoms with Gasteiger partial charge in [-0.2, -0.15) is 4.98 Å². The monoisotopic (exact) mass is 374 g/mol. The van der Waals surface area contributed by atoms with Crippen LogP contribution in [0.25, 0.3) is 11.4 Å². The van der Waals surface area contributed by atoms with E-state index in [0.29, 0.717) is 28.5 Å². The number of benzene rings is 1. The minimum absolute atomic E-state index is 0.0898. The number of carbonyl (C=O) groups excluding carboxylic acids is 1. The quantitative estimate of drug-likeness (QED) is 0.607. The van der Waals surface area contributed by atoms with E-state index in [1.54, 1.807) is 43.8 Å². The Morgan fingerprint density at radius 2 is 1.92 bits per heavy atom. The van der Waals surface area contributed by atoms with E-state index < -0.39 is 5.97 Å². The Labute approximate surface area is 154 Å². The molecule has 0 bridgehead atoms. The molecular weight excluding hydrogens is 356 g/mol. The van der Waals surface area contributed by atoms with Crippen LogP contribution in [-0.2, 0) is 11.3 Å². The summed E-state index contributed by atoms with van der Waals surface area (Å²) in [4.78, 5) is 18.4. The maximum Gasteiger partial charge on any atom is 0.339 e. The van der Waals surface area contributed by atoms with Crippen LogP contribution in [-0.4, -0.2) is 30.3 Å². The SMILES string of the molecule is COc1ccc(-c2noc(COC(=O)c3cc(C)sc3C)n2)cc1OC. The number of ether oxygens (including phenoxy) is 3. The Hall–Kier alpha value is -2.87. The highest BCUT2D eigenvalue weighted by atomic mass is 32.1. The van der Waals surface area contributed by atoms with Gasteiger partial charge in [-0.05, 0) is 38.1 Å². The molecule has 7 nitrogen and oxygen atoms in total. The first-order valence-corrected chi connectivity index (χ1v) is 8.62. The second kappa shape index (κ2) is 7.57. The number of nitrogens with zero attached hydrogens (tertiary/aromatic N) is 2. The van der Waals surface area contributed by atoms with E-state index in [1.807, 2.05) is 19.9 Å². The van der Waals surface area contributed by atoms with Gasteiger partial charge in [0.2, 0.25) is 5.82 Å². The number of hydrogen-bond acceptors (Lipinski definition) is 8. The van der Waals surface area contributed by atoms with Crippen LogP contribution >= 0.6 is 11.3 Å². The van der Waals surface area contributed by atoms with Gasteiger partial charge in [0.05, 0.1) is 19.8 Å². The van der Waals surface area contributed by atoms with Crippen LogP contribution in [0.1, 0.15) is 26.0 Å². The normalized spacial score (nSPS) is 10.6. The molecule has 8 heteroatoms. The van der Waals surface area contributed by atoms with Crippen molar-refractivity contribution >= 4 is 17.3 Å². The summed E-state index contributed by atoms with van der Waals surface area (Å²) in [6.07, 6.45) is 0. The minimum Gasteiger partial charge on any atom is -0.493 e. The summed E-state index contributed by atoms with van der Waals surface area (Å²) < 4.78 is 20.9. The molecule has 136 valence electrons. The van der Waals surface area contributed by atoms with Crippen molar-refractivity contribution in [1.82, 2.24) is 10.1 Å². The van der Waals surface area contributed by atoms with Gasteiger partial charge in [0.15, 0.2) is 18.1 Å². The molecule has 0 N–H and O–H groups in total. The van der Waals surface area contributed by atoms with E-state index >= 15 is 0 Å². The molecule has 0 spiro atoms.